The van der Waals surface area contributed by atoms with Crippen LogP contribution in [0.5, 0.6) is 0 Å². The second kappa shape index (κ2) is 9.33. The number of tetrazole rings is 1. The fourth-order valence-electron chi connectivity index (χ4n) is 4.35. The first-order valence-corrected chi connectivity index (χ1v) is 11.9. The van der Waals surface area contributed by atoms with Crippen molar-refractivity contribution >= 4 is 0 Å². The zero-order chi connectivity index (χ0) is 25.3. The van der Waals surface area contributed by atoms with Gasteiger partial charge in [0.1, 0.15) is 6.33 Å². The average molecular weight is 485 g/mol. The number of hydrogen-bond acceptors (Lipinski definition) is 7. The molecule has 0 aliphatic carbocycles. The molecule has 0 unspecified atom stereocenters. The van der Waals surface area contributed by atoms with Crippen LogP contribution in [0, 0.1) is 0 Å². The van der Waals surface area contributed by atoms with Gasteiger partial charge in [-0.1, -0.05) is 37.6 Å². The van der Waals surface area contributed by atoms with Gasteiger partial charge in [0.25, 0.3) is 0 Å². The molecule has 0 atom stereocenters. The zero-order valence-electron chi connectivity index (χ0n) is 20.8. The highest BCUT2D eigenvalue weighted by molar-refractivity contribution is 5.81. The van der Waals surface area contributed by atoms with Gasteiger partial charge in [-0.15, -0.1) is 5.10 Å². The molecule has 4 heterocycles. The fraction of sp³-hybridized carbons (Fsp3) is 0.320. The molecule has 1 N–H and O–H groups in total. The van der Waals surface area contributed by atoms with Crippen LogP contribution in [-0.2, 0) is 18.5 Å². The van der Waals surface area contributed by atoms with E-state index in [1.807, 2.05) is 63.5 Å². The van der Waals surface area contributed by atoms with Crippen molar-refractivity contribution < 1.29 is 0 Å². The Hall–Kier alpha value is -4.41. The van der Waals surface area contributed by atoms with Crippen LogP contribution in [0.25, 0.3) is 28.5 Å². The summed E-state index contributed by atoms with van der Waals surface area (Å²) in [6.45, 7) is 8.55. The Morgan fingerprint density at radius 2 is 1.86 bits per heavy atom. The molecule has 11 nitrogen and oxygen atoms in total. The fourth-order valence-corrected chi connectivity index (χ4v) is 4.35. The van der Waals surface area contributed by atoms with Crippen LogP contribution in [0.3, 0.4) is 0 Å². The monoisotopic (exact) mass is 484 g/mol. The van der Waals surface area contributed by atoms with Gasteiger partial charge in [-0.3, -0.25) is 9.55 Å². The predicted octanol–water partition coefficient (Wildman–Crippen LogP) is 3.23. The third-order valence-electron chi connectivity index (χ3n) is 6.00. The summed E-state index contributed by atoms with van der Waals surface area (Å²) in [5.74, 6) is 1.07. The Labute approximate surface area is 207 Å². The molecule has 5 rings (SSSR count). The van der Waals surface area contributed by atoms with Crippen molar-refractivity contribution in [2.24, 2.45) is 0 Å². The molecule has 0 spiro atoms. The molecule has 0 fully saturated rings. The van der Waals surface area contributed by atoms with Crippen molar-refractivity contribution in [3.63, 3.8) is 0 Å². The average Bonchev–Trinajstić information content (AvgIpc) is 3.62. The lowest BCUT2D eigenvalue weighted by Crippen LogP contribution is -2.31. The highest BCUT2D eigenvalue weighted by Gasteiger charge is 2.23. The third-order valence-corrected chi connectivity index (χ3v) is 6.00. The minimum Gasteiger partial charge on any atom is -0.291 e. The molecule has 4 aromatic heterocycles. The standard InChI is InChI=1S/C25H28N10O/c1-5-8-18-15-34(23-27-16-28-35(23)25(2,3)4)24(36)33(18)14-17-13-26-12-11-19(17)20-9-6-7-10-21(20)22-29-31-32-30-22/h6-7,9-13,15-16H,5,8,14H2,1-4H3,(H,29,30,31,32). The van der Waals surface area contributed by atoms with Gasteiger partial charge in [-0.25, -0.2) is 19.1 Å². The quantitative estimate of drug-likeness (QED) is 0.376. The first kappa shape index (κ1) is 23.3. The van der Waals surface area contributed by atoms with Crippen molar-refractivity contribution in [3.8, 4) is 28.5 Å². The number of aromatic amines is 1. The van der Waals surface area contributed by atoms with E-state index in [2.05, 4.69) is 42.6 Å². The van der Waals surface area contributed by atoms with Gasteiger partial charge in [0.15, 0.2) is 5.82 Å². The Bertz CT molecular complexity index is 1540. The molecular formula is C25H28N10O. The number of nitrogens with one attached hydrogen (secondary N) is 1. The molecule has 0 bridgehead atoms. The van der Waals surface area contributed by atoms with Gasteiger partial charge < -0.3 is 0 Å². The SMILES string of the molecule is CCCc1cn(-c2ncnn2C(C)(C)C)c(=O)n1Cc1cnccc1-c1ccccc1-c1nnn[nH]1. The number of H-pyrrole nitrogens is 1. The maximum absolute atomic E-state index is 13.7. The molecule has 11 heteroatoms. The minimum atomic E-state index is -0.325. The summed E-state index contributed by atoms with van der Waals surface area (Å²) in [5.41, 5.74) is 4.11. The highest BCUT2D eigenvalue weighted by atomic mass is 16.2. The van der Waals surface area contributed by atoms with E-state index in [0.29, 0.717) is 18.3 Å². The number of nitrogens with zero attached hydrogens (tertiary/aromatic N) is 9. The Balaban J connectivity index is 1.62. The smallest absolute Gasteiger partial charge is 0.291 e. The van der Waals surface area contributed by atoms with E-state index in [1.165, 1.54) is 6.33 Å². The zero-order valence-corrected chi connectivity index (χ0v) is 20.8. The third kappa shape index (κ3) is 4.23. The van der Waals surface area contributed by atoms with Crippen LogP contribution in [0.15, 0.2) is 60.0 Å². The largest absolute Gasteiger partial charge is 0.335 e. The number of benzene rings is 1. The summed E-state index contributed by atoms with van der Waals surface area (Å²) in [6.07, 6.45) is 8.57. The van der Waals surface area contributed by atoms with Crippen molar-refractivity contribution in [1.29, 1.82) is 0 Å². The van der Waals surface area contributed by atoms with Crippen molar-refractivity contribution in [2.75, 3.05) is 0 Å². The lowest BCUT2D eigenvalue weighted by molar-refractivity contribution is 0.349. The van der Waals surface area contributed by atoms with Gasteiger partial charge in [0.2, 0.25) is 5.95 Å². The van der Waals surface area contributed by atoms with E-state index in [1.54, 1.807) is 20.0 Å². The van der Waals surface area contributed by atoms with Gasteiger partial charge in [0, 0.05) is 29.8 Å². The summed E-state index contributed by atoms with van der Waals surface area (Å²) >= 11 is 0. The van der Waals surface area contributed by atoms with Gasteiger partial charge in [-0.05, 0) is 60.4 Å². The maximum Gasteiger partial charge on any atom is 0.335 e. The molecule has 1 aromatic carbocycles. The normalized spacial score (nSPS) is 11.8. The summed E-state index contributed by atoms with van der Waals surface area (Å²) in [7, 11) is 0. The Kier molecular flexibility index (Phi) is 6.05. The Morgan fingerprint density at radius 1 is 1.06 bits per heavy atom. The van der Waals surface area contributed by atoms with E-state index >= 15 is 0 Å². The molecule has 0 amide bonds. The number of hydrogen-bond donors (Lipinski definition) is 1. The summed E-state index contributed by atoms with van der Waals surface area (Å²) < 4.78 is 5.16. The minimum absolute atomic E-state index is 0.167. The molecule has 0 radical (unpaired) electrons. The number of imidazole rings is 1. The van der Waals surface area contributed by atoms with Gasteiger partial charge in [-0.2, -0.15) is 10.1 Å². The molecule has 5 aromatic rings. The van der Waals surface area contributed by atoms with Gasteiger partial charge in [0.05, 0.1) is 12.1 Å². The second-order valence-electron chi connectivity index (χ2n) is 9.58. The topological polar surface area (TPSA) is 125 Å². The maximum atomic E-state index is 13.7. The van der Waals surface area contributed by atoms with E-state index in [9.17, 15) is 4.79 Å². The van der Waals surface area contributed by atoms with E-state index in [0.717, 1.165) is 40.8 Å². The molecular weight excluding hydrogens is 456 g/mol. The van der Waals surface area contributed by atoms with E-state index in [4.69, 9.17) is 0 Å². The van der Waals surface area contributed by atoms with Crippen molar-refractivity contribution in [1.82, 2.24) is 49.5 Å². The number of aromatic nitrogens is 10. The molecule has 0 aliphatic heterocycles. The number of pyridine rings is 1. The second-order valence-corrected chi connectivity index (χ2v) is 9.58. The summed E-state index contributed by atoms with van der Waals surface area (Å²) in [6, 6.07) is 9.85. The van der Waals surface area contributed by atoms with Crippen LogP contribution in [-0.4, -0.2) is 49.5 Å². The van der Waals surface area contributed by atoms with Gasteiger partial charge >= 0.3 is 5.69 Å². The van der Waals surface area contributed by atoms with E-state index < -0.39 is 0 Å². The lowest BCUT2D eigenvalue weighted by atomic mass is 9.96. The molecule has 0 aliphatic rings. The first-order valence-electron chi connectivity index (χ1n) is 11.9. The van der Waals surface area contributed by atoms with Crippen LogP contribution in [0.1, 0.15) is 45.4 Å². The Morgan fingerprint density at radius 3 is 2.58 bits per heavy atom. The highest BCUT2D eigenvalue weighted by Crippen LogP contribution is 2.32. The molecule has 0 saturated heterocycles. The van der Waals surface area contributed by atoms with Crippen LogP contribution in [0.4, 0.5) is 0 Å². The van der Waals surface area contributed by atoms with Crippen molar-refractivity contribution in [2.45, 2.75) is 52.6 Å². The van der Waals surface area contributed by atoms with E-state index in [-0.39, 0.29) is 11.2 Å². The number of rotatable bonds is 7. The predicted molar refractivity (Wildman–Crippen MR) is 135 cm³/mol. The lowest BCUT2D eigenvalue weighted by Gasteiger charge is -2.20. The van der Waals surface area contributed by atoms with Crippen molar-refractivity contribution in [3.05, 3.63) is 77.0 Å². The summed E-state index contributed by atoms with van der Waals surface area (Å²) in [4.78, 5) is 22.5. The first-order chi connectivity index (χ1) is 17.4. The molecule has 0 saturated carbocycles. The number of aryl methyl sites for hydroxylation is 1. The summed E-state index contributed by atoms with van der Waals surface area (Å²) in [5, 5.41) is 18.8. The van der Waals surface area contributed by atoms with Crippen LogP contribution >= 0.6 is 0 Å². The molecule has 36 heavy (non-hydrogen) atoms. The van der Waals surface area contributed by atoms with Crippen LogP contribution in [0.2, 0.25) is 0 Å². The van der Waals surface area contributed by atoms with Crippen LogP contribution < -0.4 is 5.69 Å². The molecule has 184 valence electrons.